The Balaban J connectivity index is 2.21. The fraction of sp³-hybridized carbons (Fsp3) is 0.857. The summed E-state index contributed by atoms with van der Waals surface area (Å²) in [5, 5.41) is 2.88. The van der Waals surface area contributed by atoms with E-state index in [0.717, 1.165) is 25.8 Å². The van der Waals surface area contributed by atoms with Gasteiger partial charge in [-0.2, -0.15) is 0 Å². The van der Waals surface area contributed by atoms with Crippen molar-refractivity contribution >= 4 is 11.8 Å². The first kappa shape index (κ1) is 16.0. The summed E-state index contributed by atoms with van der Waals surface area (Å²) in [6.45, 7) is 7.41. The van der Waals surface area contributed by atoms with E-state index in [-0.39, 0.29) is 17.7 Å². The van der Waals surface area contributed by atoms with Crippen LogP contribution in [0.1, 0.15) is 39.5 Å². The number of nitrogens with one attached hydrogen (secondary N) is 1. The molecule has 2 amide bonds. The number of nitrogens with zero attached hydrogens (tertiary/aromatic N) is 1. The van der Waals surface area contributed by atoms with Crippen molar-refractivity contribution in [2.75, 3.05) is 32.8 Å². The second-order valence-corrected chi connectivity index (χ2v) is 4.94. The predicted molar refractivity (Wildman–Crippen MR) is 73.7 cm³/mol. The average Bonchev–Trinajstić information content (AvgIpc) is 2.77. The Kier molecular flexibility index (Phi) is 7.48. The van der Waals surface area contributed by atoms with Crippen LogP contribution in [0.15, 0.2) is 0 Å². The van der Waals surface area contributed by atoms with E-state index in [0.29, 0.717) is 32.7 Å². The average molecular weight is 270 g/mol. The Morgan fingerprint density at radius 2 is 2.21 bits per heavy atom. The number of unbranched alkanes of at least 4 members (excludes halogenated alkanes) is 1. The number of ether oxygens (including phenoxy) is 1. The van der Waals surface area contributed by atoms with Gasteiger partial charge in [-0.05, 0) is 19.8 Å². The fourth-order valence-corrected chi connectivity index (χ4v) is 2.19. The molecule has 0 aromatic carbocycles. The van der Waals surface area contributed by atoms with Gasteiger partial charge in [-0.1, -0.05) is 13.3 Å². The molecule has 0 aliphatic carbocycles. The van der Waals surface area contributed by atoms with Crippen LogP contribution in [0.5, 0.6) is 0 Å². The van der Waals surface area contributed by atoms with Gasteiger partial charge in [0.15, 0.2) is 0 Å². The minimum absolute atomic E-state index is 0.00356. The van der Waals surface area contributed by atoms with Crippen LogP contribution in [0.25, 0.3) is 0 Å². The molecule has 1 N–H and O–H groups in total. The Hall–Kier alpha value is -1.10. The van der Waals surface area contributed by atoms with Crippen molar-refractivity contribution in [3.8, 4) is 0 Å². The van der Waals surface area contributed by atoms with E-state index in [2.05, 4.69) is 12.2 Å². The Morgan fingerprint density at radius 3 is 2.89 bits per heavy atom. The van der Waals surface area contributed by atoms with E-state index in [1.807, 2.05) is 11.8 Å². The van der Waals surface area contributed by atoms with Gasteiger partial charge >= 0.3 is 0 Å². The van der Waals surface area contributed by atoms with Crippen LogP contribution >= 0.6 is 0 Å². The highest BCUT2D eigenvalue weighted by Gasteiger charge is 2.33. The van der Waals surface area contributed by atoms with Crippen LogP contribution in [0.2, 0.25) is 0 Å². The molecule has 0 aromatic rings. The Labute approximate surface area is 115 Å². The van der Waals surface area contributed by atoms with Crippen LogP contribution < -0.4 is 5.32 Å². The lowest BCUT2D eigenvalue weighted by Crippen LogP contribution is -2.34. The zero-order chi connectivity index (χ0) is 14.1. The number of carbonyl (C=O) groups excluding carboxylic acids is 2. The molecular weight excluding hydrogens is 244 g/mol. The van der Waals surface area contributed by atoms with E-state index in [1.165, 1.54) is 0 Å². The highest BCUT2D eigenvalue weighted by atomic mass is 16.5. The van der Waals surface area contributed by atoms with Gasteiger partial charge in [-0.15, -0.1) is 0 Å². The molecular formula is C14H26N2O3. The molecule has 1 saturated heterocycles. The van der Waals surface area contributed by atoms with E-state index < -0.39 is 0 Å². The van der Waals surface area contributed by atoms with Gasteiger partial charge in [0.05, 0.1) is 5.92 Å². The summed E-state index contributed by atoms with van der Waals surface area (Å²) in [4.78, 5) is 25.5. The third-order valence-corrected chi connectivity index (χ3v) is 3.34. The van der Waals surface area contributed by atoms with Crippen molar-refractivity contribution in [1.29, 1.82) is 0 Å². The lowest BCUT2D eigenvalue weighted by Gasteiger charge is -2.15. The zero-order valence-electron chi connectivity index (χ0n) is 12.1. The van der Waals surface area contributed by atoms with Crippen molar-refractivity contribution in [2.45, 2.75) is 39.5 Å². The van der Waals surface area contributed by atoms with Crippen molar-refractivity contribution in [1.82, 2.24) is 10.2 Å². The number of hydrogen-bond acceptors (Lipinski definition) is 3. The maximum absolute atomic E-state index is 11.9. The summed E-state index contributed by atoms with van der Waals surface area (Å²) >= 11 is 0. The zero-order valence-corrected chi connectivity index (χ0v) is 12.1. The molecule has 0 aromatic heterocycles. The van der Waals surface area contributed by atoms with E-state index in [4.69, 9.17) is 4.74 Å². The Bertz CT molecular complexity index is 294. The predicted octanol–water partition coefficient (Wildman–Crippen LogP) is 1.18. The summed E-state index contributed by atoms with van der Waals surface area (Å²) < 4.78 is 5.21. The first-order chi connectivity index (χ1) is 9.19. The topological polar surface area (TPSA) is 58.6 Å². The van der Waals surface area contributed by atoms with Gasteiger partial charge in [0.25, 0.3) is 0 Å². The molecule has 0 unspecified atom stereocenters. The standard InChI is InChI=1S/C14H26N2O3/c1-3-5-8-16-11-12(10-13(16)17)14(18)15-7-6-9-19-4-2/h12H,3-11H2,1-2H3,(H,15,18)/t12-/m1/s1. The molecule has 19 heavy (non-hydrogen) atoms. The second kappa shape index (κ2) is 8.91. The summed E-state index contributed by atoms with van der Waals surface area (Å²) in [6.07, 6.45) is 3.26. The minimum atomic E-state index is -0.170. The van der Waals surface area contributed by atoms with Gasteiger partial charge in [0, 0.05) is 39.3 Å². The van der Waals surface area contributed by atoms with Crippen LogP contribution in [0, 0.1) is 5.92 Å². The summed E-state index contributed by atoms with van der Waals surface area (Å²) in [6, 6.07) is 0. The number of hydrogen-bond donors (Lipinski definition) is 1. The summed E-state index contributed by atoms with van der Waals surface area (Å²) in [5.74, 6) is -0.0526. The number of rotatable bonds is 9. The molecule has 5 nitrogen and oxygen atoms in total. The number of likely N-dealkylation sites (tertiary alicyclic amines) is 1. The van der Waals surface area contributed by atoms with Crippen molar-refractivity contribution < 1.29 is 14.3 Å². The molecule has 1 aliphatic heterocycles. The molecule has 1 rings (SSSR count). The van der Waals surface area contributed by atoms with Crippen LogP contribution in [-0.4, -0.2) is 49.6 Å². The lowest BCUT2D eigenvalue weighted by atomic mass is 10.1. The summed E-state index contributed by atoms with van der Waals surface area (Å²) in [5.41, 5.74) is 0. The quantitative estimate of drug-likeness (QED) is 0.640. The van der Waals surface area contributed by atoms with Crippen LogP contribution in [0.4, 0.5) is 0 Å². The number of carbonyl (C=O) groups is 2. The third-order valence-electron chi connectivity index (χ3n) is 3.34. The van der Waals surface area contributed by atoms with E-state index in [1.54, 1.807) is 0 Å². The highest BCUT2D eigenvalue weighted by Crippen LogP contribution is 2.18. The Morgan fingerprint density at radius 1 is 1.42 bits per heavy atom. The van der Waals surface area contributed by atoms with Gasteiger partial charge in [0.1, 0.15) is 0 Å². The largest absolute Gasteiger partial charge is 0.382 e. The van der Waals surface area contributed by atoms with Gasteiger partial charge in [0.2, 0.25) is 11.8 Å². The maximum atomic E-state index is 11.9. The van der Waals surface area contributed by atoms with E-state index in [9.17, 15) is 9.59 Å². The second-order valence-electron chi connectivity index (χ2n) is 4.94. The SMILES string of the molecule is CCCCN1C[C@H](C(=O)NCCCOCC)CC1=O. The molecule has 5 heteroatoms. The molecule has 0 spiro atoms. The van der Waals surface area contributed by atoms with Gasteiger partial charge in [-0.25, -0.2) is 0 Å². The monoisotopic (exact) mass is 270 g/mol. The van der Waals surface area contributed by atoms with Gasteiger partial charge < -0.3 is 15.0 Å². The smallest absolute Gasteiger partial charge is 0.225 e. The first-order valence-corrected chi connectivity index (χ1v) is 7.32. The molecule has 1 fully saturated rings. The molecule has 110 valence electrons. The molecule has 1 heterocycles. The minimum Gasteiger partial charge on any atom is -0.382 e. The van der Waals surface area contributed by atoms with Crippen molar-refractivity contribution in [2.24, 2.45) is 5.92 Å². The molecule has 0 saturated carbocycles. The normalized spacial score (nSPS) is 18.9. The van der Waals surface area contributed by atoms with E-state index >= 15 is 0 Å². The number of amides is 2. The first-order valence-electron chi connectivity index (χ1n) is 7.32. The van der Waals surface area contributed by atoms with Crippen molar-refractivity contribution in [3.63, 3.8) is 0 Å². The maximum Gasteiger partial charge on any atom is 0.225 e. The van der Waals surface area contributed by atoms with Gasteiger partial charge in [-0.3, -0.25) is 9.59 Å². The highest BCUT2D eigenvalue weighted by molar-refractivity contribution is 5.89. The van der Waals surface area contributed by atoms with Crippen molar-refractivity contribution in [3.05, 3.63) is 0 Å². The molecule has 0 radical (unpaired) electrons. The molecule has 1 atom stereocenters. The third kappa shape index (κ3) is 5.59. The lowest BCUT2D eigenvalue weighted by molar-refractivity contribution is -0.129. The molecule has 1 aliphatic rings. The molecule has 0 bridgehead atoms. The summed E-state index contributed by atoms with van der Waals surface area (Å²) in [7, 11) is 0. The van der Waals surface area contributed by atoms with Crippen LogP contribution in [-0.2, 0) is 14.3 Å². The van der Waals surface area contributed by atoms with Crippen LogP contribution in [0.3, 0.4) is 0 Å². The fourth-order valence-electron chi connectivity index (χ4n) is 2.19.